The first-order chi connectivity index (χ1) is 7.31. The largest absolute Gasteiger partial charge is 0.373 e. The quantitative estimate of drug-likeness (QED) is 0.807. The van der Waals surface area contributed by atoms with Crippen LogP contribution in [0.2, 0.25) is 0 Å². The van der Waals surface area contributed by atoms with Gasteiger partial charge in [-0.05, 0) is 6.92 Å². The normalized spacial score (nSPS) is 10.0. The van der Waals surface area contributed by atoms with E-state index in [2.05, 4.69) is 15.3 Å². The fourth-order valence-electron chi connectivity index (χ4n) is 1.42. The van der Waals surface area contributed by atoms with Gasteiger partial charge < -0.3 is 5.32 Å². The minimum atomic E-state index is 0.755. The molecule has 0 aliphatic carbocycles. The third kappa shape index (κ3) is 1.96. The maximum atomic E-state index is 4.44. The Hall–Kier alpha value is -1.90. The van der Waals surface area contributed by atoms with Crippen LogP contribution in [-0.2, 0) is 0 Å². The Bertz CT molecular complexity index is 452. The number of nitrogens with one attached hydrogen (secondary N) is 1. The van der Waals surface area contributed by atoms with E-state index >= 15 is 0 Å². The SMILES string of the molecule is CNc1nc(-c2ccccc2)ncc1C. The molecular weight excluding hydrogens is 186 g/mol. The van der Waals surface area contributed by atoms with Gasteiger partial charge in [-0.1, -0.05) is 30.3 Å². The summed E-state index contributed by atoms with van der Waals surface area (Å²) in [4.78, 5) is 8.74. The van der Waals surface area contributed by atoms with Gasteiger partial charge in [0.05, 0.1) is 0 Å². The maximum Gasteiger partial charge on any atom is 0.161 e. The topological polar surface area (TPSA) is 37.8 Å². The zero-order chi connectivity index (χ0) is 10.7. The van der Waals surface area contributed by atoms with E-state index in [1.807, 2.05) is 50.5 Å². The molecule has 0 unspecified atom stereocenters. The van der Waals surface area contributed by atoms with Gasteiger partial charge in [0, 0.05) is 24.4 Å². The van der Waals surface area contributed by atoms with E-state index in [1.165, 1.54) is 0 Å². The first kappa shape index (κ1) is 9.65. The lowest BCUT2D eigenvalue weighted by molar-refractivity contribution is 1.13. The van der Waals surface area contributed by atoms with Crippen molar-refractivity contribution in [1.82, 2.24) is 9.97 Å². The Kier molecular flexibility index (Phi) is 2.63. The molecule has 3 heteroatoms. The molecule has 2 rings (SSSR count). The van der Waals surface area contributed by atoms with E-state index in [4.69, 9.17) is 0 Å². The highest BCUT2D eigenvalue weighted by Gasteiger charge is 2.03. The summed E-state index contributed by atoms with van der Waals surface area (Å²) >= 11 is 0. The van der Waals surface area contributed by atoms with Gasteiger partial charge in [-0.3, -0.25) is 0 Å². The highest BCUT2D eigenvalue weighted by Crippen LogP contribution is 2.17. The van der Waals surface area contributed by atoms with Gasteiger partial charge in [0.25, 0.3) is 0 Å². The van der Waals surface area contributed by atoms with Crippen LogP contribution < -0.4 is 5.32 Å². The molecule has 1 heterocycles. The smallest absolute Gasteiger partial charge is 0.161 e. The van der Waals surface area contributed by atoms with Crippen LogP contribution in [0.25, 0.3) is 11.4 Å². The van der Waals surface area contributed by atoms with Crippen molar-refractivity contribution in [3.8, 4) is 11.4 Å². The van der Waals surface area contributed by atoms with Gasteiger partial charge >= 0.3 is 0 Å². The van der Waals surface area contributed by atoms with Crippen LogP contribution in [0.5, 0.6) is 0 Å². The van der Waals surface area contributed by atoms with Crippen molar-refractivity contribution in [3.05, 3.63) is 42.1 Å². The minimum absolute atomic E-state index is 0.755. The van der Waals surface area contributed by atoms with Crippen LogP contribution >= 0.6 is 0 Å². The molecular formula is C12H13N3. The van der Waals surface area contributed by atoms with Gasteiger partial charge in [0.2, 0.25) is 0 Å². The summed E-state index contributed by atoms with van der Waals surface area (Å²) in [6, 6.07) is 9.96. The van der Waals surface area contributed by atoms with E-state index < -0.39 is 0 Å². The summed E-state index contributed by atoms with van der Waals surface area (Å²) in [6.07, 6.45) is 1.83. The zero-order valence-corrected chi connectivity index (χ0v) is 8.86. The second-order valence-corrected chi connectivity index (χ2v) is 3.34. The summed E-state index contributed by atoms with van der Waals surface area (Å²) < 4.78 is 0. The standard InChI is InChI=1S/C12H13N3/c1-9-8-14-12(15-11(9)13-2)10-6-4-3-5-7-10/h3-8H,1-2H3,(H,13,14,15). The van der Waals surface area contributed by atoms with Crippen LogP contribution in [0.1, 0.15) is 5.56 Å². The van der Waals surface area contributed by atoms with Crippen molar-refractivity contribution in [2.45, 2.75) is 6.92 Å². The maximum absolute atomic E-state index is 4.44. The first-order valence-electron chi connectivity index (χ1n) is 4.88. The number of aromatic nitrogens is 2. The monoisotopic (exact) mass is 199 g/mol. The number of hydrogen-bond donors (Lipinski definition) is 1. The molecule has 1 aromatic heterocycles. The molecule has 0 bridgehead atoms. The van der Waals surface area contributed by atoms with Gasteiger partial charge in [-0.25, -0.2) is 9.97 Å². The van der Waals surface area contributed by atoms with Crippen LogP contribution in [-0.4, -0.2) is 17.0 Å². The highest BCUT2D eigenvalue weighted by molar-refractivity contribution is 5.57. The zero-order valence-electron chi connectivity index (χ0n) is 8.86. The summed E-state index contributed by atoms with van der Waals surface area (Å²) in [5.41, 5.74) is 2.09. The van der Waals surface area contributed by atoms with E-state index in [0.29, 0.717) is 0 Å². The molecule has 2 aromatic rings. The number of hydrogen-bond acceptors (Lipinski definition) is 3. The van der Waals surface area contributed by atoms with E-state index in [1.54, 1.807) is 0 Å². The van der Waals surface area contributed by atoms with Gasteiger partial charge in [0.1, 0.15) is 5.82 Å². The predicted octanol–water partition coefficient (Wildman–Crippen LogP) is 2.49. The average Bonchev–Trinajstić information content (AvgIpc) is 2.31. The Morgan fingerprint density at radius 2 is 1.87 bits per heavy atom. The summed E-state index contributed by atoms with van der Waals surface area (Å²) in [5, 5.41) is 3.05. The van der Waals surface area contributed by atoms with Crippen LogP contribution in [0.15, 0.2) is 36.5 Å². The van der Waals surface area contributed by atoms with E-state index in [0.717, 1.165) is 22.8 Å². The molecule has 0 saturated heterocycles. The molecule has 0 amide bonds. The lowest BCUT2D eigenvalue weighted by Gasteiger charge is -2.05. The minimum Gasteiger partial charge on any atom is -0.373 e. The highest BCUT2D eigenvalue weighted by atomic mass is 15.0. The fraction of sp³-hybridized carbons (Fsp3) is 0.167. The Morgan fingerprint density at radius 3 is 2.53 bits per heavy atom. The van der Waals surface area contributed by atoms with Crippen molar-refractivity contribution in [2.75, 3.05) is 12.4 Å². The lowest BCUT2D eigenvalue weighted by atomic mass is 10.2. The van der Waals surface area contributed by atoms with Crippen molar-refractivity contribution >= 4 is 5.82 Å². The van der Waals surface area contributed by atoms with Gasteiger partial charge in [-0.15, -0.1) is 0 Å². The second-order valence-electron chi connectivity index (χ2n) is 3.34. The molecule has 1 N–H and O–H groups in total. The second kappa shape index (κ2) is 4.09. The van der Waals surface area contributed by atoms with Crippen molar-refractivity contribution < 1.29 is 0 Å². The molecule has 0 aliphatic heterocycles. The Labute approximate surface area is 89.2 Å². The van der Waals surface area contributed by atoms with Crippen molar-refractivity contribution in [2.24, 2.45) is 0 Å². The number of nitrogens with zero attached hydrogens (tertiary/aromatic N) is 2. The number of benzene rings is 1. The van der Waals surface area contributed by atoms with E-state index in [-0.39, 0.29) is 0 Å². The van der Waals surface area contributed by atoms with Crippen molar-refractivity contribution in [3.63, 3.8) is 0 Å². The molecule has 0 fully saturated rings. The number of rotatable bonds is 2. The molecule has 0 atom stereocenters. The average molecular weight is 199 g/mol. The molecule has 1 aromatic carbocycles. The molecule has 76 valence electrons. The Balaban J connectivity index is 2.46. The molecule has 3 nitrogen and oxygen atoms in total. The van der Waals surface area contributed by atoms with Crippen LogP contribution in [0.4, 0.5) is 5.82 Å². The predicted molar refractivity (Wildman–Crippen MR) is 61.8 cm³/mol. The molecule has 15 heavy (non-hydrogen) atoms. The lowest BCUT2D eigenvalue weighted by Crippen LogP contribution is -1.99. The van der Waals surface area contributed by atoms with Crippen LogP contribution in [0, 0.1) is 6.92 Å². The first-order valence-corrected chi connectivity index (χ1v) is 4.88. The summed E-state index contributed by atoms with van der Waals surface area (Å²) in [7, 11) is 1.87. The van der Waals surface area contributed by atoms with Gasteiger partial charge in [-0.2, -0.15) is 0 Å². The molecule has 0 aliphatic rings. The molecule has 0 saturated carbocycles. The summed E-state index contributed by atoms with van der Waals surface area (Å²) in [5.74, 6) is 1.63. The third-order valence-corrected chi connectivity index (χ3v) is 2.24. The molecule has 0 spiro atoms. The fourth-order valence-corrected chi connectivity index (χ4v) is 1.42. The molecule has 0 radical (unpaired) electrons. The Morgan fingerprint density at radius 1 is 1.13 bits per heavy atom. The van der Waals surface area contributed by atoms with Crippen molar-refractivity contribution in [1.29, 1.82) is 0 Å². The summed E-state index contributed by atoms with van der Waals surface area (Å²) in [6.45, 7) is 1.99. The van der Waals surface area contributed by atoms with Gasteiger partial charge in [0.15, 0.2) is 5.82 Å². The van der Waals surface area contributed by atoms with Crippen LogP contribution in [0.3, 0.4) is 0 Å². The third-order valence-electron chi connectivity index (χ3n) is 2.24. The number of anilines is 1. The van der Waals surface area contributed by atoms with E-state index in [9.17, 15) is 0 Å². The number of aryl methyl sites for hydroxylation is 1.